The van der Waals surface area contributed by atoms with Gasteiger partial charge in [-0.15, -0.1) is 0 Å². The molecule has 0 saturated carbocycles. The minimum atomic E-state index is -0.872. The second-order valence-corrected chi connectivity index (χ2v) is 1.30. The van der Waals surface area contributed by atoms with Crippen LogP contribution in [-0.2, 0) is 9.59 Å². The van der Waals surface area contributed by atoms with Gasteiger partial charge < -0.3 is 9.90 Å². The van der Waals surface area contributed by atoms with E-state index in [-0.39, 0.29) is 6.42 Å². The Morgan fingerprint density at radius 3 is 2.75 bits per heavy atom. The SMILES string of the molecule is O=C[B]CCC(=O)O. The van der Waals surface area contributed by atoms with E-state index >= 15 is 0 Å². The van der Waals surface area contributed by atoms with Crippen molar-refractivity contribution in [2.24, 2.45) is 0 Å². The summed E-state index contributed by atoms with van der Waals surface area (Å²) < 4.78 is 0. The van der Waals surface area contributed by atoms with Crippen molar-refractivity contribution in [3.8, 4) is 0 Å². The van der Waals surface area contributed by atoms with Gasteiger partial charge in [-0.2, -0.15) is 0 Å². The van der Waals surface area contributed by atoms with Gasteiger partial charge in [0.15, 0.2) is 7.28 Å². The molecule has 3 nitrogen and oxygen atoms in total. The Balaban J connectivity index is 2.93. The fraction of sp³-hybridized carbons (Fsp3) is 0.500. The summed E-state index contributed by atoms with van der Waals surface area (Å²) in [4.78, 5) is 19.3. The molecule has 4 heteroatoms. The van der Waals surface area contributed by atoms with Gasteiger partial charge in [-0.25, -0.2) is 0 Å². The highest BCUT2D eigenvalue weighted by molar-refractivity contribution is 6.66. The van der Waals surface area contributed by atoms with Crippen LogP contribution in [0.25, 0.3) is 0 Å². The van der Waals surface area contributed by atoms with Crippen molar-refractivity contribution >= 4 is 19.4 Å². The van der Waals surface area contributed by atoms with Crippen LogP contribution in [-0.4, -0.2) is 24.5 Å². The summed E-state index contributed by atoms with van der Waals surface area (Å²) in [6, 6.07) is 0. The lowest BCUT2D eigenvalue weighted by atomic mass is 9.76. The molecule has 0 aromatic heterocycles. The van der Waals surface area contributed by atoms with Crippen molar-refractivity contribution in [3.63, 3.8) is 0 Å². The summed E-state index contributed by atoms with van der Waals surface area (Å²) in [5, 5.41) is 8.00. The third kappa shape index (κ3) is 5.20. The van der Waals surface area contributed by atoms with E-state index in [1.54, 1.807) is 0 Å². The monoisotopic (exact) mass is 113 g/mol. The predicted octanol–water partition coefficient (Wildman–Crippen LogP) is -0.226. The minimum Gasteiger partial charge on any atom is -0.481 e. The number of carboxylic acids is 1. The summed E-state index contributed by atoms with van der Waals surface area (Å²) in [5.41, 5.74) is 0. The Bertz CT molecular complexity index is 91.3. The molecule has 0 unspecified atom stereocenters. The first kappa shape index (κ1) is 7.20. The fourth-order valence-electron chi connectivity index (χ4n) is 0.275. The van der Waals surface area contributed by atoms with Crippen LogP contribution in [0.3, 0.4) is 0 Å². The third-order valence-corrected chi connectivity index (χ3v) is 0.621. The van der Waals surface area contributed by atoms with E-state index in [1.807, 2.05) is 0 Å². The molecule has 0 aromatic carbocycles. The summed E-state index contributed by atoms with van der Waals surface area (Å²) in [5.74, 6) is -0.872. The van der Waals surface area contributed by atoms with Crippen LogP contribution >= 0.6 is 0 Å². The number of aliphatic carboxylic acids is 1. The molecule has 0 aliphatic heterocycles. The van der Waals surface area contributed by atoms with E-state index in [0.29, 0.717) is 12.5 Å². The smallest absolute Gasteiger partial charge is 0.302 e. The maximum atomic E-state index is 9.74. The Hall–Kier alpha value is -0.795. The zero-order valence-electron chi connectivity index (χ0n) is 4.33. The van der Waals surface area contributed by atoms with Crippen molar-refractivity contribution < 1.29 is 14.7 Å². The van der Waals surface area contributed by atoms with Crippen LogP contribution in [0.2, 0.25) is 6.32 Å². The van der Waals surface area contributed by atoms with Gasteiger partial charge in [0.25, 0.3) is 0 Å². The zero-order chi connectivity index (χ0) is 6.41. The highest BCUT2D eigenvalue weighted by Gasteiger charge is 1.94. The van der Waals surface area contributed by atoms with E-state index in [2.05, 4.69) is 0 Å². The molecule has 0 fully saturated rings. The summed E-state index contributed by atoms with van der Waals surface area (Å²) in [6.07, 6.45) is 0.973. The largest absolute Gasteiger partial charge is 0.481 e. The number of rotatable bonds is 4. The van der Waals surface area contributed by atoms with Crippen molar-refractivity contribution in [3.05, 3.63) is 0 Å². The van der Waals surface area contributed by atoms with Crippen molar-refractivity contribution in [2.45, 2.75) is 12.7 Å². The van der Waals surface area contributed by atoms with Gasteiger partial charge >= 0.3 is 5.97 Å². The first-order chi connectivity index (χ1) is 3.77. The van der Waals surface area contributed by atoms with Crippen LogP contribution in [0.1, 0.15) is 6.42 Å². The molecule has 0 aliphatic carbocycles. The lowest BCUT2D eigenvalue weighted by Gasteiger charge is -1.83. The van der Waals surface area contributed by atoms with Gasteiger partial charge in [0.2, 0.25) is 0 Å². The molecule has 1 N–H and O–H groups in total. The maximum absolute atomic E-state index is 9.74. The molecule has 0 atom stereocenters. The van der Waals surface area contributed by atoms with E-state index in [4.69, 9.17) is 5.11 Å². The molecule has 0 aliphatic rings. The van der Waals surface area contributed by atoms with Gasteiger partial charge in [-0.05, 0) is 0 Å². The molecular formula is C4H6BO3. The van der Waals surface area contributed by atoms with Gasteiger partial charge in [-0.1, -0.05) is 6.32 Å². The van der Waals surface area contributed by atoms with Gasteiger partial charge in [-0.3, -0.25) is 4.79 Å². The average Bonchev–Trinajstić information content (AvgIpc) is 1.66. The van der Waals surface area contributed by atoms with Crippen LogP contribution in [0.15, 0.2) is 0 Å². The zero-order valence-corrected chi connectivity index (χ0v) is 4.33. The lowest BCUT2D eigenvalue weighted by molar-refractivity contribution is -0.136. The fourth-order valence-corrected chi connectivity index (χ4v) is 0.275. The molecule has 8 heavy (non-hydrogen) atoms. The molecular weight excluding hydrogens is 107 g/mol. The Morgan fingerprint density at radius 2 is 2.38 bits per heavy atom. The van der Waals surface area contributed by atoms with E-state index in [1.165, 1.54) is 7.28 Å². The van der Waals surface area contributed by atoms with E-state index in [0.717, 1.165) is 0 Å². The van der Waals surface area contributed by atoms with Gasteiger partial charge in [0, 0.05) is 6.42 Å². The van der Waals surface area contributed by atoms with Crippen LogP contribution in [0.5, 0.6) is 0 Å². The molecule has 0 spiro atoms. The van der Waals surface area contributed by atoms with Crippen molar-refractivity contribution in [1.29, 1.82) is 0 Å². The number of hydrogen-bond acceptors (Lipinski definition) is 2. The van der Waals surface area contributed by atoms with Crippen LogP contribution < -0.4 is 0 Å². The lowest BCUT2D eigenvalue weighted by Crippen LogP contribution is -1.98. The summed E-state index contributed by atoms with van der Waals surface area (Å²) in [6.45, 7) is 0. The molecule has 43 valence electrons. The van der Waals surface area contributed by atoms with Gasteiger partial charge in [0.05, 0.1) is 6.19 Å². The molecule has 0 saturated heterocycles. The van der Waals surface area contributed by atoms with E-state index < -0.39 is 5.97 Å². The molecule has 0 rings (SSSR count). The van der Waals surface area contributed by atoms with Gasteiger partial charge in [0.1, 0.15) is 0 Å². The Labute approximate surface area is 47.9 Å². The second-order valence-electron chi connectivity index (χ2n) is 1.30. The quantitative estimate of drug-likeness (QED) is 0.311. The Kier molecular flexibility index (Phi) is 3.93. The Morgan fingerprint density at radius 1 is 1.75 bits per heavy atom. The predicted molar refractivity (Wildman–Crippen MR) is 29.6 cm³/mol. The average molecular weight is 113 g/mol. The molecule has 0 bridgehead atoms. The second kappa shape index (κ2) is 4.37. The first-order valence-electron chi connectivity index (χ1n) is 2.26. The first-order valence-corrected chi connectivity index (χ1v) is 2.26. The van der Waals surface area contributed by atoms with Crippen molar-refractivity contribution in [2.75, 3.05) is 0 Å². The molecule has 0 aromatic rings. The summed E-state index contributed by atoms with van der Waals surface area (Å²) >= 11 is 0. The van der Waals surface area contributed by atoms with Crippen LogP contribution in [0.4, 0.5) is 0 Å². The molecule has 0 heterocycles. The number of carbonyl (C=O) groups excluding carboxylic acids is 1. The molecule has 0 amide bonds. The summed E-state index contributed by atoms with van der Waals surface area (Å²) in [7, 11) is 1.29. The minimum absolute atomic E-state index is 0.0404. The topological polar surface area (TPSA) is 54.4 Å². The van der Waals surface area contributed by atoms with Crippen molar-refractivity contribution in [1.82, 2.24) is 0 Å². The number of hydrogen-bond donors (Lipinski definition) is 1. The maximum Gasteiger partial charge on any atom is 0.302 e. The number of carbonyl (C=O) groups is 2. The molecule has 1 radical (unpaired) electrons. The van der Waals surface area contributed by atoms with E-state index in [9.17, 15) is 9.59 Å². The highest BCUT2D eigenvalue weighted by atomic mass is 16.4. The number of carboxylic acid groups (broad SMARTS) is 1. The normalized spacial score (nSPS) is 8.00. The standard InChI is InChI=1S/C4H6BO3/c6-3-5-2-1-4(7)8/h3H,1-2H2,(H,7,8). The third-order valence-electron chi connectivity index (χ3n) is 0.621. The van der Waals surface area contributed by atoms with Crippen LogP contribution in [0, 0.1) is 0 Å². The highest BCUT2D eigenvalue weighted by Crippen LogP contribution is 1.84.